The lowest BCUT2D eigenvalue weighted by Crippen LogP contribution is -2.44. The summed E-state index contributed by atoms with van der Waals surface area (Å²) in [6.45, 7) is 3.48. The summed E-state index contributed by atoms with van der Waals surface area (Å²) in [5.41, 5.74) is 1.45. The summed E-state index contributed by atoms with van der Waals surface area (Å²) < 4.78 is 27.9. The third kappa shape index (κ3) is 2.89. The van der Waals surface area contributed by atoms with Gasteiger partial charge in [-0.25, -0.2) is 4.98 Å². The smallest absolute Gasteiger partial charge is 0.228 e. The second kappa shape index (κ2) is 6.75. The Hall–Kier alpha value is -2.10. The fourth-order valence-electron chi connectivity index (χ4n) is 3.69. The molecule has 146 valence electrons. The molecule has 9 heteroatoms. The number of rotatable bonds is 2. The van der Waals surface area contributed by atoms with E-state index in [4.69, 9.17) is 16.6 Å². The van der Waals surface area contributed by atoms with E-state index < -0.39 is 10.8 Å². The number of hydrogen-bond acceptors (Lipinski definition) is 7. The number of halogens is 1. The Labute approximate surface area is 169 Å². The molecule has 0 unspecified atom stereocenters. The van der Waals surface area contributed by atoms with Crippen LogP contribution in [-0.4, -0.2) is 45.3 Å². The molecule has 1 saturated heterocycles. The Kier molecular flexibility index (Phi) is 4.33. The molecule has 7 nitrogen and oxygen atoms in total. The molecule has 2 aromatic carbocycles. The molecule has 1 N–H and O–H groups in total. The molecule has 0 aliphatic carbocycles. The Morgan fingerprint density at radius 3 is 2.64 bits per heavy atom. The summed E-state index contributed by atoms with van der Waals surface area (Å²) in [6.07, 6.45) is 0. The van der Waals surface area contributed by atoms with Crippen molar-refractivity contribution in [3.63, 3.8) is 0 Å². The second-order valence-electron chi connectivity index (χ2n) is 6.87. The van der Waals surface area contributed by atoms with E-state index in [0.717, 1.165) is 37.3 Å². The molecule has 0 bridgehead atoms. The number of nitrogens with one attached hydrogen (secondary N) is 1. The molecule has 1 aromatic heterocycles. The zero-order valence-corrected chi connectivity index (χ0v) is 16.5. The van der Waals surface area contributed by atoms with E-state index in [1.165, 1.54) is 10.4 Å². The van der Waals surface area contributed by atoms with Crippen LogP contribution < -0.4 is 14.5 Å². The molecule has 2 aliphatic heterocycles. The Morgan fingerprint density at radius 2 is 1.82 bits per heavy atom. The number of benzene rings is 2. The van der Waals surface area contributed by atoms with Gasteiger partial charge in [0.1, 0.15) is 0 Å². The van der Waals surface area contributed by atoms with Crippen molar-refractivity contribution in [2.75, 3.05) is 35.4 Å². The van der Waals surface area contributed by atoms with Crippen molar-refractivity contribution in [1.29, 1.82) is 0 Å². The van der Waals surface area contributed by atoms with Crippen molar-refractivity contribution in [2.24, 2.45) is 0 Å². The fourth-order valence-corrected chi connectivity index (χ4v) is 5.58. The van der Waals surface area contributed by atoms with Gasteiger partial charge < -0.3 is 34.4 Å². The topological polar surface area (TPSA) is 90.4 Å². The zero-order valence-electron chi connectivity index (χ0n) is 15.0. The third-order valence-corrected chi connectivity index (χ3v) is 7.17. The fraction of sp³-hybridized carbons (Fsp3) is 0.263. The molecule has 0 radical (unpaired) electrons. The molecule has 2 aliphatic rings. The van der Waals surface area contributed by atoms with Gasteiger partial charge in [-0.2, -0.15) is 4.98 Å². The first kappa shape index (κ1) is 18.0. The lowest BCUT2D eigenvalue weighted by molar-refractivity contribution is 0.445. The molecular formula is C19H18ClN5O2S-2. The maximum absolute atomic E-state index is 13.3. The summed E-state index contributed by atoms with van der Waals surface area (Å²) in [5.74, 6) is 0.964. The number of aromatic nitrogens is 2. The van der Waals surface area contributed by atoms with E-state index in [9.17, 15) is 9.11 Å². The van der Waals surface area contributed by atoms with Crippen molar-refractivity contribution in [3.8, 4) is 0 Å². The molecule has 0 amide bonds. The van der Waals surface area contributed by atoms with Crippen molar-refractivity contribution < 1.29 is 9.11 Å². The van der Waals surface area contributed by atoms with Gasteiger partial charge in [-0.15, -0.1) is 0 Å². The summed E-state index contributed by atoms with van der Waals surface area (Å²) in [6, 6.07) is 12.5. The van der Waals surface area contributed by atoms with Crippen molar-refractivity contribution in [1.82, 2.24) is 15.3 Å². The number of anilines is 2. The van der Waals surface area contributed by atoms with E-state index in [0.29, 0.717) is 22.2 Å². The van der Waals surface area contributed by atoms with Gasteiger partial charge in [-0.3, -0.25) is 0 Å². The van der Waals surface area contributed by atoms with Gasteiger partial charge in [0, 0.05) is 41.5 Å². The summed E-state index contributed by atoms with van der Waals surface area (Å²) >= 11 is 6.05. The van der Waals surface area contributed by atoms with Gasteiger partial charge in [0.25, 0.3) is 0 Å². The zero-order chi connectivity index (χ0) is 19.3. The minimum atomic E-state index is -3.73. The molecule has 0 spiro atoms. The van der Waals surface area contributed by atoms with E-state index in [-0.39, 0.29) is 11.4 Å². The predicted octanol–water partition coefficient (Wildman–Crippen LogP) is 3.05. The lowest BCUT2D eigenvalue weighted by atomic mass is 10.2. The van der Waals surface area contributed by atoms with Crippen molar-refractivity contribution in [2.45, 2.75) is 11.4 Å². The lowest BCUT2D eigenvalue weighted by Gasteiger charge is -2.62. The molecule has 28 heavy (non-hydrogen) atoms. The molecule has 0 atom stereocenters. The van der Waals surface area contributed by atoms with Crippen molar-refractivity contribution >= 4 is 45.0 Å². The quantitative estimate of drug-likeness (QED) is 0.687. The van der Waals surface area contributed by atoms with Crippen LogP contribution in [0.3, 0.4) is 0 Å². The number of hydrogen-bond donors (Lipinski definition) is 1. The minimum Gasteiger partial charge on any atom is -0.779 e. The van der Waals surface area contributed by atoms with Crippen LogP contribution in [0.25, 0.3) is 10.9 Å². The van der Waals surface area contributed by atoms with Crippen LogP contribution in [0, 0.1) is 0 Å². The Morgan fingerprint density at radius 1 is 1.04 bits per heavy atom. The van der Waals surface area contributed by atoms with E-state index in [2.05, 4.69) is 15.2 Å². The highest BCUT2D eigenvalue weighted by molar-refractivity contribution is 8.25. The maximum atomic E-state index is 13.3. The number of nitrogens with zero attached hydrogens (tertiary/aromatic N) is 4. The summed E-state index contributed by atoms with van der Waals surface area (Å²) in [4.78, 5) is 11.7. The van der Waals surface area contributed by atoms with E-state index in [1.54, 1.807) is 12.1 Å². The molecule has 0 saturated carbocycles. The maximum Gasteiger partial charge on any atom is 0.228 e. The highest BCUT2D eigenvalue weighted by atomic mass is 35.5. The first-order valence-corrected chi connectivity index (χ1v) is 10.9. The summed E-state index contributed by atoms with van der Waals surface area (Å²) in [7, 11) is -3.73. The van der Waals surface area contributed by atoms with Gasteiger partial charge in [0.15, 0.2) is 5.82 Å². The standard InChI is InChI=1S/C19H20ClN5O2S/c20-14-6-5-13-12-25(28(26,27)17(13)11-14)18-15-3-1-2-4-16(15)22-19(23-18)24-9-7-21-8-10-24/h1-6,11,21,26-27H,7-10,12H2/p-2. The first-order chi connectivity index (χ1) is 13.5. The van der Waals surface area contributed by atoms with Crippen LogP contribution in [0.2, 0.25) is 5.02 Å². The van der Waals surface area contributed by atoms with E-state index in [1.807, 2.05) is 24.3 Å². The van der Waals surface area contributed by atoms with Gasteiger partial charge in [0.2, 0.25) is 5.95 Å². The Balaban J connectivity index is 1.66. The third-order valence-electron chi connectivity index (χ3n) is 5.12. The average Bonchev–Trinajstić information content (AvgIpc) is 2.98. The van der Waals surface area contributed by atoms with Gasteiger partial charge >= 0.3 is 0 Å². The van der Waals surface area contributed by atoms with Crippen molar-refractivity contribution in [3.05, 3.63) is 53.1 Å². The van der Waals surface area contributed by atoms with Gasteiger partial charge in [0.05, 0.1) is 12.1 Å². The highest BCUT2D eigenvalue weighted by Gasteiger charge is 2.27. The number of piperazine rings is 1. The molecule has 5 rings (SSSR count). The minimum absolute atomic E-state index is 0.233. The molecule has 3 heterocycles. The van der Waals surface area contributed by atoms with Crippen LogP contribution in [-0.2, 0) is 6.54 Å². The normalized spacial score (nSPS) is 19.7. The first-order valence-electron chi connectivity index (χ1n) is 9.08. The molecule has 3 aromatic rings. The summed E-state index contributed by atoms with van der Waals surface area (Å²) in [5, 5.41) is 4.42. The van der Waals surface area contributed by atoms with Crippen LogP contribution in [0.1, 0.15) is 5.56 Å². The SMILES string of the molecule is [O-]S1([O-])c2cc(Cl)ccc2CN1c1nc(N2CCNCC2)nc2ccccc12. The number of sulfonamides is 1. The van der Waals surface area contributed by atoms with Crippen LogP contribution in [0.15, 0.2) is 47.4 Å². The Bertz CT molecular complexity index is 1060. The predicted molar refractivity (Wildman–Crippen MR) is 110 cm³/mol. The highest BCUT2D eigenvalue weighted by Crippen LogP contribution is 2.60. The average molecular weight is 416 g/mol. The number of fused-ring (bicyclic) bond motifs is 2. The largest absolute Gasteiger partial charge is 0.779 e. The second-order valence-corrected chi connectivity index (χ2v) is 9.13. The molecule has 1 fully saturated rings. The molecular weight excluding hydrogens is 398 g/mol. The van der Waals surface area contributed by atoms with Crippen LogP contribution >= 0.6 is 22.4 Å². The van der Waals surface area contributed by atoms with Gasteiger partial charge in [-0.05, 0) is 29.8 Å². The van der Waals surface area contributed by atoms with Crippen LogP contribution in [0.4, 0.5) is 11.8 Å². The van der Waals surface area contributed by atoms with Crippen LogP contribution in [0.5, 0.6) is 0 Å². The number of para-hydroxylation sites is 1. The monoisotopic (exact) mass is 415 g/mol. The van der Waals surface area contributed by atoms with E-state index >= 15 is 0 Å². The van der Waals surface area contributed by atoms with Gasteiger partial charge in [-0.1, -0.05) is 29.8 Å².